The van der Waals surface area contributed by atoms with Crippen LogP contribution in [-0.4, -0.2) is 39.8 Å². The summed E-state index contributed by atoms with van der Waals surface area (Å²) in [5, 5.41) is 18.8. The molecule has 0 heterocycles. The zero-order chi connectivity index (χ0) is 27.7. The maximum atomic E-state index is 12.7. The van der Waals surface area contributed by atoms with Crippen molar-refractivity contribution < 1.29 is 38.9 Å². The van der Waals surface area contributed by atoms with Crippen molar-refractivity contribution in [3.63, 3.8) is 0 Å². The van der Waals surface area contributed by atoms with Gasteiger partial charge in [-0.2, -0.15) is 0 Å². The number of thiocarbonyl (C=S) groups is 1. The first kappa shape index (κ1) is 27.5. The Hall–Kier alpha value is -5.11. The van der Waals surface area contributed by atoms with E-state index in [4.69, 9.17) is 27.4 Å². The smallest absolute Gasteiger partial charge is 0.347 e. The lowest BCUT2D eigenvalue weighted by Crippen LogP contribution is -2.26. The van der Waals surface area contributed by atoms with Crippen LogP contribution in [-0.2, 0) is 16.1 Å². The molecule has 0 saturated heterocycles. The van der Waals surface area contributed by atoms with Gasteiger partial charge < -0.3 is 24.9 Å². The molecule has 3 aromatic carbocycles. The van der Waals surface area contributed by atoms with Crippen LogP contribution >= 0.6 is 12.2 Å². The molecule has 0 saturated carbocycles. The van der Waals surface area contributed by atoms with Crippen molar-refractivity contribution in [3.05, 3.63) is 115 Å². The minimum Gasteiger partial charge on any atom is -0.423 e. The molecule has 38 heavy (non-hydrogen) atoms. The summed E-state index contributed by atoms with van der Waals surface area (Å²) in [4.78, 5) is 55.2. The predicted octanol–water partition coefficient (Wildman–Crippen LogP) is 3.09. The van der Waals surface area contributed by atoms with Crippen LogP contribution in [0.3, 0.4) is 0 Å². The standard InChI is InChI=1S/C24H19N3O10S/c25-22(38)16-9-11-18(12-10-16)35-24(29)20-3-1-2-4-21(20)36-23(28)17-7-5-15(6-8-17)13-19(37-27(32)33)14-34-26(30)31/h1-12,19H,13-14H2,(H2,25,38). The fourth-order valence-electron chi connectivity index (χ4n) is 3.16. The number of hydrogen-bond donors (Lipinski definition) is 1. The van der Waals surface area contributed by atoms with Crippen LogP contribution < -0.4 is 15.2 Å². The summed E-state index contributed by atoms with van der Waals surface area (Å²) in [7, 11) is 0. The second-order valence-electron chi connectivity index (χ2n) is 7.54. The number of rotatable bonds is 12. The van der Waals surface area contributed by atoms with Crippen LogP contribution in [0.15, 0.2) is 72.8 Å². The Morgan fingerprint density at radius 2 is 1.47 bits per heavy atom. The molecule has 0 radical (unpaired) electrons. The first-order chi connectivity index (χ1) is 18.1. The third kappa shape index (κ3) is 7.96. The molecule has 0 bridgehead atoms. The minimum absolute atomic E-state index is 0.00135. The largest absolute Gasteiger partial charge is 0.423 e. The quantitative estimate of drug-likeness (QED) is 0.116. The Labute approximate surface area is 219 Å². The number of hydrogen-bond acceptors (Lipinski definition) is 11. The van der Waals surface area contributed by atoms with Crippen LogP contribution in [0.5, 0.6) is 11.5 Å². The molecule has 0 aliphatic rings. The van der Waals surface area contributed by atoms with Crippen molar-refractivity contribution in [2.24, 2.45) is 5.73 Å². The molecule has 1 unspecified atom stereocenters. The molecule has 196 valence electrons. The average Bonchev–Trinajstić information content (AvgIpc) is 2.88. The van der Waals surface area contributed by atoms with E-state index >= 15 is 0 Å². The van der Waals surface area contributed by atoms with Crippen molar-refractivity contribution in [1.82, 2.24) is 0 Å². The first-order valence-electron chi connectivity index (χ1n) is 10.7. The lowest BCUT2D eigenvalue weighted by molar-refractivity contribution is -0.789. The van der Waals surface area contributed by atoms with Crippen molar-refractivity contribution in [3.8, 4) is 11.5 Å². The third-order valence-corrected chi connectivity index (χ3v) is 5.15. The van der Waals surface area contributed by atoms with E-state index in [-0.39, 0.29) is 34.0 Å². The summed E-state index contributed by atoms with van der Waals surface area (Å²) in [6.45, 7) is -0.657. The molecule has 0 aliphatic heterocycles. The minimum atomic E-state index is -1.24. The fourth-order valence-corrected chi connectivity index (χ4v) is 3.30. The highest BCUT2D eigenvalue weighted by atomic mass is 32.1. The Morgan fingerprint density at radius 1 is 0.842 bits per heavy atom. The number of nitrogens with zero attached hydrogens (tertiary/aromatic N) is 2. The number of ether oxygens (including phenoxy) is 2. The van der Waals surface area contributed by atoms with Crippen molar-refractivity contribution in [2.75, 3.05) is 6.61 Å². The molecule has 0 aromatic heterocycles. The zero-order valence-electron chi connectivity index (χ0n) is 19.4. The molecule has 2 N–H and O–H groups in total. The molecular formula is C24H19N3O10S. The van der Waals surface area contributed by atoms with E-state index in [1.165, 1.54) is 48.5 Å². The summed E-state index contributed by atoms with van der Waals surface area (Å²) in [6.07, 6.45) is -1.34. The molecule has 0 amide bonds. The van der Waals surface area contributed by atoms with Crippen LogP contribution in [0.1, 0.15) is 31.8 Å². The van der Waals surface area contributed by atoms with Crippen LogP contribution in [0.4, 0.5) is 0 Å². The average molecular weight is 541 g/mol. The Balaban J connectivity index is 1.67. The SMILES string of the molecule is NC(=S)c1ccc(OC(=O)c2ccccc2OC(=O)c2ccc(CC(CO[N+](=O)[O-])O[N+](=O)[O-])cc2)cc1. The number of esters is 2. The van der Waals surface area contributed by atoms with Gasteiger partial charge in [0, 0.05) is 12.0 Å². The molecule has 0 fully saturated rings. The van der Waals surface area contributed by atoms with E-state index in [1.807, 2.05) is 0 Å². The van der Waals surface area contributed by atoms with Gasteiger partial charge in [-0.1, -0.05) is 36.5 Å². The predicted molar refractivity (Wildman–Crippen MR) is 134 cm³/mol. The number of carbonyl (C=O) groups is 2. The van der Waals surface area contributed by atoms with Gasteiger partial charge in [0.25, 0.3) is 10.2 Å². The summed E-state index contributed by atoms with van der Waals surface area (Å²) in [5.41, 5.74) is 6.75. The van der Waals surface area contributed by atoms with Crippen molar-refractivity contribution >= 4 is 29.1 Å². The summed E-state index contributed by atoms with van der Waals surface area (Å²) >= 11 is 4.89. The number of para-hydroxylation sites is 1. The van der Waals surface area contributed by atoms with Gasteiger partial charge in [-0.15, -0.1) is 20.2 Å². The molecule has 0 aliphatic carbocycles. The molecular weight excluding hydrogens is 522 g/mol. The van der Waals surface area contributed by atoms with Gasteiger partial charge in [-0.3, -0.25) is 0 Å². The maximum Gasteiger partial charge on any atom is 0.347 e. The van der Waals surface area contributed by atoms with Gasteiger partial charge in [0.05, 0.1) is 5.56 Å². The van der Waals surface area contributed by atoms with Crippen molar-refractivity contribution in [2.45, 2.75) is 12.5 Å². The highest BCUT2D eigenvalue weighted by Gasteiger charge is 2.20. The Bertz CT molecular complexity index is 1350. The third-order valence-electron chi connectivity index (χ3n) is 4.91. The van der Waals surface area contributed by atoms with Gasteiger partial charge in [0.15, 0.2) is 0 Å². The molecule has 1 atom stereocenters. The topological polar surface area (TPSA) is 183 Å². The van der Waals surface area contributed by atoms with Gasteiger partial charge in [0.2, 0.25) is 0 Å². The van der Waals surface area contributed by atoms with Crippen molar-refractivity contribution in [1.29, 1.82) is 0 Å². The lowest BCUT2D eigenvalue weighted by Gasteiger charge is -2.14. The highest BCUT2D eigenvalue weighted by Crippen LogP contribution is 2.23. The van der Waals surface area contributed by atoms with Gasteiger partial charge in [-0.05, 0) is 54.1 Å². The normalized spacial score (nSPS) is 11.1. The summed E-state index contributed by atoms with van der Waals surface area (Å²) in [5.74, 6) is -1.36. The van der Waals surface area contributed by atoms with Crippen LogP contribution in [0, 0.1) is 20.2 Å². The molecule has 14 heteroatoms. The highest BCUT2D eigenvalue weighted by molar-refractivity contribution is 7.80. The van der Waals surface area contributed by atoms with E-state index in [2.05, 4.69) is 9.68 Å². The summed E-state index contributed by atoms with van der Waals surface area (Å²) < 4.78 is 10.7. The van der Waals surface area contributed by atoms with Gasteiger partial charge in [0.1, 0.15) is 34.8 Å². The van der Waals surface area contributed by atoms with E-state index in [9.17, 15) is 29.8 Å². The summed E-state index contributed by atoms with van der Waals surface area (Å²) in [6, 6.07) is 18.0. The Morgan fingerprint density at radius 3 is 2.08 bits per heavy atom. The van der Waals surface area contributed by atoms with E-state index in [0.717, 1.165) is 0 Å². The molecule has 3 rings (SSSR count). The maximum absolute atomic E-state index is 12.7. The van der Waals surface area contributed by atoms with E-state index in [0.29, 0.717) is 11.1 Å². The zero-order valence-corrected chi connectivity index (χ0v) is 20.2. The second kappa shape index (κ2) is 12.7. The van der Waals surface area contributed by atoms with Crippen LogP contribution in [0.2, 0.25) is 0 Å². The number of carbonyl (C=O) groups excluding carboxylic acids is 2. The van der Waals surface area contributed by atoms with E-state index < -0.39 is 34.8 Å². The molecule has 3 aromatic rings. The number of nitrogens with two attached hydrogens (primary N) is 1. The monoisotopic (exact) mass is 541 g/mol. The van der Waals surface area contributed by atoms with Gasteiger partial charge in [-0.25, -0.2) is 9.59 Å². The Kier molecular flexibility index (Phi) is 9.21. The lowest BCUT2D eigenvalue weighted by atomic mass is 10.1. The second-order valence-corrected chi connectivity index (χ2v) is 7.98. The van der Waals surface area contributed by atoms with Gasteiger partial charge >= 0.3 is 11.9 Å². The van der Waals surface area contributed by atoms with Crippen LogP contribution in [0.25, 0.3) is 0 Å². The molecule has 0 spiro atoms. The molecule has 13 nitrogen and oxygen atoms in total. The number of benzene rings is 3. The first-order valence-corrected chi connectivity index (χ1v) is 11.1. The fraction of sp³-hybridized carbons (Fsp3) is 0.125. The van der Waals surface area contributed by atoms with E-state index in [1.54, 1.807) is 24.3 Å².